The first-order valence-electron chi connectivity index (χ1n) is 6.12. The predicted molar refractivity (Wildman–Crippen MR) is 70.3 cm³/mol. The topological polar surface area (TPSA) is 21.3 Å². The molecule has 0 amide bonds. The first-order chi connectivity index (χ1) is 9.20. The number of hydrogen-bond acceptors (Lipinski definition) is 2. The number of hydrogen-bond donors (Lipinski definition) is 1. The number of benzene rings is 2. The van der Waals surface area contributed by atoms with Crippen LogP contribution >= 0.6 is 0 Å². The van der Waals surface area contributed by atoms with Crippen molar-refractivity contribution in [1.29, 1.82) is 0 Å². The van der Waals surface area contributed by atoms with Gasteiger partial charge in [-0.1, -0.05) is 25.1 Å². The minimum atomic E-state index is -0.710. The molecule has 19 heavy (non-hydrogen) atoms. The van der Waals surface area contributed by atoms with Crippen molar-refractivity contribution >= 4 is 0 Å². The zero-order valence-electron chi connectivity index (χ0n) is 10.6. The molecular formula is C15H15F2NO. The van der Waals surface area contributed by atoms with Crippen LogP contribution in [-0.4, -0.2) is 6.54 Å². The summed E-state index contributed by atoms with van der Waals surface area (Å²) in [6.07, 6.45) is 0. The summed E-state index contributed by atoms with van der Waals surface area (Å²) < 4.78 is 31.9. The minimum absolute atomic E-state index is 0.0188. The Morgan fingerprint density at radius 2 is 1.84 bits per heavy atom. The molecule has 0 saturated heterocycles. The highest BCUT2D eigenvalue weighted by Crippen LogP contribution is 2.27. The number of rotatable bonds is 5. The van der Waals surface area contributed by atoms with Gasteiger partial charge in [-0.2, -0.15) is 0 Å². The highest BCUT2D eigenvalue weighted by atomic mass is 19.1. The van der Waals surface area contributed by atoms with Gasteiger partial charge in [-0.15, -0.1) is 0 Å². The van der Waals surface area contributed by atoms with E-state index in [2.05, 4.69) is 5.32 Å². The third-order valence-electron chi connectivity index (χ3n) is 2.65. The van der Waals surface area contributed by atoms with Gasteiger partial charge in [0, 0.05) is 18.2 Å². The molecule has 100 valence electrons. The lowest BCUT2D eigenvalue weighted by atomic mass is 10.2. The molecule has 0 saturated carbocycles. The second-order valence-electron chi connectivity index (χ2n) is 4.06. The molecule has 0 aliphatic heterocycles. The lowest BCUT2D eigenvalue weighted by Gasteiger charge is -2.11. The van der Waals surface area contributed by atoms with Crippen LogP contribution < -0.4 is 10.1 Å². The average Bonchev–Trinajstić information content (AvgIpc) is 2.41. The van der Waals surface area contributed by atoms with Crippen molar-refractivity contribution in [2.75, 3.05) is 6.54 Å². The van der Waals surface area contributed by atoms with Crippen LogP contribution in [0.4, 0.5) is 8.78 Å². The molecule has 1 N–H and O–H groups in total. The molecule has 0 aromatic heterocycles. The third kappa shape index (κ3) is 3.51. The summed E-state index contributed by atoms with van der Waals surface area (Å²) in [4.78, 5) is 0. The molecule has 0 atom stereocenters. The van der Waals surface area contributed by atoms with Crippen LogP contribution in [0.25, 0.3) is 0 Å². The Kier molecular flexibility index (Phi) is 4.47. The average molecular weight is 263 g/mol. The Morgan fingerprint density at radius 3 is 2.58 bits per heavy atom. The molecule has 2 rings (SSSR count). The number of halogens is 2. The largest absolute Gasteiger partial charge is 0.454 e. The molecule has 0 spiro atoms. The lowest BCUT2D eigenvalue weighted by Crippen LogP contribution is -2.12. The molecule has 0 unspecified atom stereocenters. The lowest BCUT2D eigenvalue weighted by molar-refractivity contribution is 0.432. The summed E-state index contributed by atoms with van der Waals surface area (Å²) in [6, 6.07) is 10.6. The van der Waals surface area contributed by atoms with Crippen LogP contribution in [0.15, 0.2) is 42.5 Å². The second kappa shape index (κ2) is 6.29. The van der Waals surface area contributed by atoms with Crippen molar-refractivity contribution < 1.29 is 13.5 Å². The third-order valence-corrected chi connectivity index (χ3v) is 2.65. The van der Waals surface area contributed by atoms with E-state index in [1.807, 2.05) is 25.1 Å². The van der Waals surface area contributed by atoms with Gasteiger partial charge in [0.05, 0.1) is 0 Å². The van der Waals surface area contributed by atoms with E-state index in [1.54, 1.807) is 6.07 Å². The minimum Gasteiger partial charge on any atom is -0.454 e. The highest BCUT2D eigenvalue weighted by Gasteiger charge is 2.08. The van der Waals surface area contributed by atoms with Gasteiger partial charge < -0.3 is 10.1 Å². The van der Waals surface area contributed by atoms with Crippen LogP contribution in [0.1, 0.15) is 12.5 Å². The molecule has 0 fully saturated rings. The Hall–Kier alpha value is -1.94. The van der Waals surface area contributed by atoms with Crippen LogP contribution in [0.2, 0.25) is 0 Å². The summed E-state index contributed by atoms with van der Waals surface area (Å²) in [7, 11) is 0. The van der Waals surface area contributed by atoms with E-state index in [0.717, 1.165) is 18.2 Å². The van der Waals surface area contributed by atoms with Crippen LogP contribution in [0.5, 0.6) is 11.5 Å². The Bertz CT molecular complexity index is 558. The molecule has 0 heterocycles. The number of para-hydroxylation sites is 1. The van der Waals surface area contributed by atoms with Gasteiger partial charge >= 0.3 is 0 Å². The Morgan fingerprint density at radius 1 is 1.05 bits per heavy atom. The summed E-state index contributed by atoms with van der Waals surface area (Å²) in [5.74, 6) is -0.747. The molecule has 0 radical (unpaired) electrons. The van der Waals surface area contributed by atoms with Crippen molar-refractivity contribution in [2.45, 2.75) is 13.5 Å². The number of nitrogens with one attached hydrogen (secondary N) is 1. The maximum atomic E-state index is 13.5. The van der Waals surface area contributed by atoms with Crippen LogP contribution in [0, 0.1) is 11.6 Å². The summed E-state index contributed by atoms with van der Waals surface area (Å²) >= 11 is 0. The SMILES string of the molecule is CCNCc1ccccc1Oc1ccc(F)cc1F. The molecule has 2 nitrogen and oxygen atoms in total. The van der Waals surface area contributed by atoms with Crippen LogP contribution in [0.3, 0.4) is 0 Å². The van der Waals surface area contributed by atoms with Gasteiger partial charge in [0.25, 0.3) is 0 Å². The Labute approximate surface area is 111 Å². The molecule has 0 bridgehead atoms. The maximum absolute atomic E-state index is 13.5. The molecule has 0 aliphatic rings. The summed E-state index contributed by atoms with van der Waals surface area (Å²) in [5, 5.41) is 3.18. The molecule has 0 aliphatic carbocycles. The first kappa shape index (κ1) is 13.5. The summed E-state index contributed by atoms with van der Waals surface area (Å²) in [5.41, 5.74) is 0.924. The van der Waals surface area contributed by atoms with E-state index in [-0.39, 0.29) is 5.75 Å². The first-order valence-corrected chi connectivity index (χ1v) is 6.12. The maximum Gasteiger partial charge on any atom is 0.168 e. The van der Waals surface area contributed by atoms with Gasteiger partial charge in [-0.05, 0) is 24.7 Å². The molecule has 2 aromatic carbocycles. The monoisotopic (exact) mass is 263 g/mol. The van der Waals surface area contributed by atoms with Gasteiger partial charge in [0.2, 0.25) is 0 Å². The van der Waals surface area contributed by atoms with Gasteiger partial charge in [0.1, 0.15) is 11.6 Å². The van der Waals surface area contributed by atoms with Gasteiger partial charge in [0.15, 0.2) is 11.6 Å². The summed E-state index contributed by atoms with van der Waals surface area (Å²) in [6.45, 7) is 3.47. The van der Waals surface area contributed by atoms with Crippen molar-refractivity contribution in [2.24, 2.45) is 0 Å². The molecule has 2 aromatic rings. The Balaban J connectivity index is 2.22. The fourth-order valence-corrected chi connectivity index (χ4v) is 1.69. The van der Waals surface area contributed by atoms with E-state index >= 15 is 0 Å². The molecular weight excluding hydrogens is 248 g/mol. The van der Waals surface area contributed by atoms with E-state index in [4.69, 9.17) is 4.74 Å². The molecule has 4 heteroatoms. The van der Waals surface area contributed by atoms with Crippen molar-refractivity contribution in [3.8, 4) is 11.5 Å². The fourth-order valence-electron chi connectivity index (χ4n) is 1.69. The smallest absolute Gasteiger partial charge is 0.168 e. The predicted octanol–water partition coefficient (Wildman–Crippen LogP) is 3.87. The van der Waals surface area contributed by atoms with Gasteiger partial charge in [-0.3, -0.25) is 0 Å². The van der Waals surface area contributed by atoms with E-state index in [0.29, 0.717) is 12.3 Å². The van der Waals surface area contributed by atoms with Crippen molar-refractivity contribution in [3.63, 3.8) is 0 Å². The van der Waals surface area contributed by atoms with E-state index in [9.17, 15) is 8.78 Å². The standard InChI is InChI=1S/C15H15F2NO/c1-2-18-10-11-5-3-4-6-14(11)19-15-8-7-12(16)9-13(15)17/h3-9,18H,2,10H2,1H3. The van der Waals surface area contributed by atoms with Crippen molar-refractivity contribution in [3.05, 3.63) is 59.7 Å². The number of ether oxygens (including phenoxy) is 1. The normalized spacial score (nSPS) is 10.5. The second-order valence-corrected chi connectivity index (χ2v) is 4.06. The zero-order chi connectivity index (χ0) is 13.7. The highest BCUT2D eigenvalue weighted by molar-refractivity contribution is 5.38. The van der Waals surface area contributed by atoms with E-state index in [1.165, 1.54) is 12.1 Å². The quantitative estimate of drug-likeness (QED) is 0.884. The van der Waals surface area contributed by atoms with Crippen molar-refractivity contribution in [1.82, 2.24) is 5.32 Å². The van der Waals surface area contributed by atoms with Crippen LogP contribution in [-0.2, 0) is 6.54 Å². The van der Waals surface area contributed by atoms with Gasteiger partial charge in [-0.25, -0.2) is 8.78 Å². The van der Waals surface area contributed by atoms with E-state index < -0.39 is 11.6 Å². The zero-order valence-corrected chi connectivity index (χ0v) is 10.6. The fraction of sp³-hybridized carbons (Fsp3) is 0.200.